The Morgan fingerprint density at radius 3 is 2.85 bits per heavy atom. The molecule has 1 aromatic heterocycles. The van der Waals surface area contributed by atoms with Gasteiger partial charge in [0.1, 0.15) is 11.6 Å². The minimum atomic E-state index is -0.337. The highest BCUT2D eigenvalue weighted by molar-refractivity contribution is 7.98. The van der Waals surface area contributed by atoms with Crippen LogP contribution in [-0.4, -0.2) is 6.26 Å². The van der Waals surface area contributed by atoms with E-state index in [4.69, 9.17) is 0 Å². The second-order valence-electron chi connectivity index (χ2n) is 2.54. The van der Waals surface area contributed by atoms with Gasteiger partial charge in [0.2, 0.25) is 0 Å². The molecule has 0 atom stereocenters. The van der Waals surface area contributed by atoms with Gasteiger partial charge in [0, 0.05) is 10.3 Å². The average molecular weight is 216 g/mol. The molecule has 4 heteroatoms. The number of thiophene rings is 1. The lowest BCUT2D eigenvalue weighted by Crippen LogP contribution is -1.84. The van der Waals surface area contributed by atoms with E-state index >= 15 is 0 Å². The number of hydrogen-bond acceptors (Lipinski definition) is 2. The van der Waals surface area contributed by atoms with Crippen LogP contribution in [0.15, 0.2) is 22.4 Å². The molecule has 0 saturated carbocycles. The summed E-state index contributed by atoms with van der Waals surface area (Å²) in [4.78, 5) is 0.364. The minimum Gasteiger partial charge on any atom is -0.205 e. The van der Waals surface area contributed by atoms with E-state index in [9.17, 15) is 8.78 Å². The van der Waals surface area contributed by atoms with Gasteiger partial charge in [0.15, 0.2) is 0 Å². The number of rotatable bonds is 1. The molecule has 0 aliphatic rings. The van der Waals surface area contributed by atoms with E-state index in [1.54, 1.807) is 17.7 Å². The number of hydrogen-bond donors (Lipinski definition) is 0. The third kappa shape index (κ3) is 1.34. The summed E-state index contributed by atoms with van der Waals surface area (Å²) in [6, 6.07) is 2.86. The Kier molecular flexibility index (Phi) is 2.26. The lowest BCUT2D eigenvalue weighted by Gasteiger charge is -2.00. The molecule has 0 amide bonds. The number of fused-ring (bicyclic) bond motifs is 1. The van der Waals surface area contributed by atoms with E-state index in [0.717, 1.165) is 0 Å². The Hall–Kier alpha value is -0.610. The summed E-state index contributed by atoms with van der Waals surface area (Å²) in [5.41, 5.74) is 0. The van der Waals surface area contributed by atoms with Gasteiger partial charge in [-0.3, -0.25) is 0 Å². The van der Waals surface area contributed by atoms with Crippen LogP contribution >= 0.6 is 23.1 Å². The quantitative estimate of drug-likeness (QED) is 0.651. The lowest BCUT2D eigenvalue weighted by atomic mass is 10.2. The van der Waals surface area contributed by atoms with Crippen LogP contribution in [0.4, 0.5) is 8.78 Å². The summed E-state index contributed by atoms with van der Waals surface area (Å²) < 4.78 is 27.2. The molecule has 1 heterocycles. The second-order valence-corrected chi connectivity index (χ2v) is 4.30. The van der Waals surface area contributed by atoms with Crippen LogP contribution < -0.4 is 0 Å². The maximum atomic E-state index is 13.5. The van der Waals surface area contributed by atoms with Crippen LogP contribution in [0, 0.1) is 11.6 Å². The molecule has 0 unspecified atom stereocenters. The third-order valence-corrected chi connectivity index (χ3v) is 3.47. The summed E-state index contributed by atoms with van der Waals surface area (Å²) in [7, 11) is 0. The monoisotopic (exact) mass is 216 g/mol. The highest BCUT2D eigenvalue weighted by atomic mass is 32.2. The first-order valence-electron chi connectivity index (χ1n) is 3.63. The van der Waals surface area contributed by atoms with Crippen molar-refractivity contribution in [1.82, 2.24) is 0 Å². The van der Waals surface area contributed by atoms with E-state index in [1.807, 2.05) is 0 Å². The SMILES string of the molecule is CSc1cc(F)c2sccc2c1F. The van der Waals surface area contributed by atoms with Gasteiger partial charge >= 0.3 is 0 Å². The normalized spacial score (nSPS) is 11.0. The molecule has 13 heavy (non-hydrogen) atoms. The lowest BCUT2D eigenvalue weighted by molar-refractivity contribution is 0.596. The predicted octanol–water partition coefficient (Wildman–Crippen LogP) is 3.90. The summed E-state index contributed by atoms with van der Waals surface area (Å²) in [5, 5.41) is 2.08. The molecule has 0 aliphatic carbocycles. The largest absolute Gasteiger partial charge is 0.205 e. The van der Waals surface area contributed by atoms with E-state index in [2.05, 4.69) is 0 Å². The fourth-order valence-corrected chi connectivity index (χ4v) is 2.50. The van der Waals surface area contributed by atoms with Crippen molar-refractivity contribution in [3.05, 3.63) is 29.1 Å². The molecule has 0 bridgehead atoms. The topological polar surface area (TPSA) is 0 Å². The third-order valence-electron chi connectivity index (χ3n) is 1.81. The number of thioether (sulfide) groups is 1. The highest BCUT2D eigenvalue weighted by Gasteiger charge is 2.11. The molecule has 0 N–H and O–H groups in total. The molecule has 2 rings (SSSR count). The van der Waals surface area contributed by atoms with E-state index in [1.165, 1.54) is 29.2 Å². The average Bonchev–Trinajstić information content (AvgIpc) is 2.60. The molecule has 0 nitrogen and oxygen atoms in total. The van der Waals surface area contributed by atoms with Crippen molar-refractivity contribution in [1.29, 1.82) is 0 Å². The molecular weight excluding hydrogens is 210 g/mol. The van der Waals surface area contributed by atoms with Crippen molar-refractivity contribution in [2.45, 2.75) is 4.90 Å². The van der Waals surface area contributed by atoms with E-state index in [-0.39, 0.29) is 11.6 Å². The summed E-state index contributed by atoms with van der Waals surface area (Å²) >= 11 is 2.44. The van der Waals surface area contributed by atoms with Crippen molar-refractivity contribution in [2.75, 3.05) is 6.26 Å². The van der Waals surface area contributed by atoms with Gasteiger partial charge in [0.05, 0.1) is 4.70 Å². The van der Waals surface area contributed by atoms with Crippen LogP contribution in [0.25, 0.3) is 10.1 Å². The molecular formula is C9H6F2S2. The summed E-state index contributed by atoms with van der Waals surface area (Å²) in [5.74, 6) is -0.652. The van der Waals surface area contributed by atoms with Crippen LogP contribution in [-0.2, 0) is 0 Å². The molecule has 0 spiro atoms. The zero-order chi connectivity index (χ0) is 9.42. The molecule has 0 fully saturated rings. The van der Waals surface area contributed by atoms with Crippen molar-refractivity contribution < 1.29 is 8.78 Å². The van der Waals surface area contributed by atoms with Gasteiger partial charge in [-0.25, -0.2) is 8.78 Å². The second kappa shape index (κ2) is 3.27. The van der Waals surface area contributed by atoms with Crippen molar-refractivity contribution in [3.63, 3.8) is 0 Å². The molecule has 68 valence electrons. The number of halogens is 2. The molecule has 0 radical (unpaired) electrons. The maximum absolute atomic E-state index is 13.5. The maximum Gasteiger partial charge on any atom is 0.145 e. The minimum absolute atomic E-state index is 0.315. The van der Waals surface area contributed by atoms with Crippen LogP contribution in [0.5, 0.6) is 0 Å². The Morgan fingerprint density at radius 1 is 1.38 bits per heavy atom. The van der Waals surface area contributed by atoms with Gasteiger partial charge in [-0.1, -0.05) is 0 Å². The molecule has 2 aromatic rings. The Labute approximate surface area is 82.6 Å². The predicted molar refractivity (Wildman–Crippen MR) is 53.5 cm³/mol. The molecule has 1 aromatic carbocycles. The highest BCUT2D eigenvalue weighted by Crippen LogP contribution is 2.32. The molecule has 0 aliphatic heterocycles. The first-order valence-corrected chi connectivity index (χ1v) is 5.73. The van der Waals surface area contributed by atoms with Crippen molar-refractivity contribution in [3.8, 4) is 0 Å². The van der Waals surface area contributed by atoms with Crippen LogP contribution in [0.1, 0.15) is 0 Å². The van der Waals surface area contributed by atoms with Crippen molar-refractivity contribution >= 4 is 33.2 Å². The van der Waals surface area contributed by atoms with E-state index in [0.29, 0.717) is 15.0 Å². The summed E-state index contributed by atoms with van der Waals surface area (Å²) in [6.45, 7) is 0. The molecule has 0 saturated heterocycles. The first kappa shape index (κ1) is 8.97. The smallest absolute Gasteiger partial charge is 0.145 e. The Morgan fingerprint density at radius 2 is 2.15 bits per heavy atom. The van der Waals surface area contributed by atoms with Gasteiger partial charge in [-0.05, 0) is 23.8 Å². The fourth-order valence-electron chi connectivity index (χ4n) is 1.19. The first-order chi connectivity index (χ1) is 6.24. The Bertz CT molecular complexity index is 448. The van der Waals surface area contributed by atoms with Crippen molar-refractivity contribution in [2.24, 2.45) is 0 Å². The Balaban J connectivity index is 2.85. The van der Waals surface area contributed by atoms with Gasteiger partial charge < -0.3 is 0 Å². The summed E-state index contributed by atoms with van der Waals surface area (Å²) in [6.07, 6.45) is 1.73. The zero-order valence-corrected chi connectivity index (χ0v) is 8.44. The number of benzene rings is 1. The standard InChI is InChI=1S/C9H6F2S2/c1-12-7-4-6(10)9-5(8(7)11)2-3-13-9/h2-4H,1H3. The zero-order valence-electron chi connectivity index (χ0n) is 6.80. The van der Waals surface area contributed by atoms with E-state index < -0.39 is 0 Å². The van der Waals surface area contributed by atoms with Crippen LogP contribution in [0.3, 0.4) is 0 Å². The van der Waals surface area contributed by atoms with Crippen LogP contribution in [0.2, 0.25) is 0 Å². The van der Waals surface area contributed by atoms with Gasteiger partial charge in [-0.2, -0.15) is 0 Å². The van der Waals surface area contributed by atoms with Gasteiger partial charge in [0.25, 0.3) is 0 Å². The van der Waals surface area contributed by atoms with Gasteiger partial charge in [-0.15, -0.1) is 23.1 Å². The fraction of sp³-hybridized carbons (Fsp3) is 0.111.